The molecule has 0 radical (unpaired) electrons. The number of aromatic nitrogens is 1. The fourth-order valence-corrected chi connectivity index (χ4v) is 0.996. The van der Waals surface area contributed by atoms with Gasteiger partial charge in [0.25, 0.3) is 0 Å². The van der Waals surface area contributed by atoms with E-state index in [4.69, 9.17) is 5.73 Å². The SMILES string of the molecule is NCCC(O)c1cc(F)ncc1F. The van der Waals surface area contributed by atoms with Crippen LogP contribution in [-0.2, 0) is 0 Å². The maximum absolute atomic E-state index is 12.9. The van der Waals surface area contributed by atoms with Gasteiger partial charge in [-0.25, -0.2) is 9.37 Å². The summed E-state index contributed by atoms with van der Waals surface area (Å²) in [7, 11) is 0. The van der Waals surface area contributed by atoms with Crippen LogP contribution in [0, 0.1) is 11.8 Å². The van der Waals surface area contributed by atoms with Gasteiger partial charge in [0.05, 0.1) is 12.3 Å². The number of hydrogen-bond donors (Lipinski definition) is 2. The number of nitrogens with two attached hydrogens (primary N) is 1. The van der Waals surface area contributed by atoms with Crippen LogP contribution >= 0.6 is 0 Å². The number of halogens is 2. The van der Waals surface area contributed by atoms with E-state index in [9.17, 15) is 13.9 Å². The summed E-state index contributed by atoms with van der Waals surface area (Å²) in [6.07, 6.45) is -0.132. The third kappa shape index (κ3) is 2.43. The van der Waals surface area contributed by atoms with E-state index in [-0.39, 0.29) is 18.5 Å². The van der Waals surface area contributed by atoms with Gasteiger partial charge in [-0.15, -0.1) is 0 Å². The molecule has 1 atom stereocenters. The van der Waals surface area contributed by atoms with Gasteiger partial charge >= 0.3 is 0 Å². The first-order valence-corrected chi connectivity index (χ1v) is 3.84. The molecule has 1 unspecified atom stereocenters. The molecule has 0 bridgehead atoms. The highest BCUT2D eigenvalue weighted by atomic mass is 19.1. The number of aliphatic hydroxyl groups is 1. The van der Waals surface area contributed by atoms with Crippen molar-refractivity contribution in [3.8, 4) is 0 Å². The fourth-order valence-electron chi connectivity index (χ4n) is 0.996. The van der Waals surface area contributed by atoms with Gasteiger partial charge in [0, 0.05) is 11.6 Å². The van der Waals surface area contributed by atoms with Crippen LogP contribution in [0.5, 0.6) is 0 Å². The van der Waals surface area contributed by atoms with E-state index < -0.39 is 17.9 Å². The number of hydrogen-bond acceptors (Lipinski definition) is 3. The minimum Gasteiger partial charge on any atom is -0.388 e. The molecule has 5 heteroatoms. The Labute approximate surface area is 74.2 Å². The lowest BCUT2D eigenvalue weighted by Crippen LogP contribution is -2.09. The fraction of sp³-hybridized carbons (Fsp3) is 0.375. The highest BCUT2D eigenvalue weighted by Crippen LogP contribution is 2.18. The van der Waals surface area contributed by atoms with E-state index in [2.05, 4.69) is 4.98 Å². The summed E-state index contributed by atoms with van der Waals surface area (Å²) in [6.45, 7) is 0.213. The smallest absolute Gasteiger partial charge is 0.213 e. The molecule has 0 aliphatic rings. The van der Waals surface area contributed by atoms with Gasteiger partial charge in [0.1, 0.15) is 5.82 Å². The molecule has 1 heterocycles. The average Bonchev–Trinajstić information content (AvgIpc) is 2.09. The van der Waals surface area contributed by atoms with Crippen LogP contribution in [0.2, 0.25) is 0 Å². The molecule has 1 aromatic heterocycles. The lowest BCUT2D eigenvalue weighted by Gasteiger charge is -2.09. The molecule has 0 amide bonds. The molecule has 1 aromatic rings. The molecule has 0 aliphatic carbocycles. The summed E-state index contributed by atoms with van der Waals surface area (Å²) in [5, 5.41) is 9.31. The van der Waals surface area contributed by atoms with Crippen molar-refractivity contribution < 1.29 is 13.9 Å². The lowest BCUT2D eigenvalue weighted by atomic mass is 10.1. The molecule has 0 spiro atoms. The number of aliphatic hydroxyl groups excluding tert-OH is 1. The minimum absolute atomic E-state index is 0.0991. The van der Waals surface area contributed by atoms with Crippen molar-refractivity contribution in [3.05, 3.63) is 29.6 Å². The molecule has 0 saturated carbocycles. The molecule has 13 heavy (non-hydrogen) atoms. The zero-order chi connectivity index (χ0) is 9.84. The van der Waals surface area contributed by atoms with E-state index in [0.717, 1.165) is 12.3 Å². The first-order chi connectivity index (χ1) is 6.15. The Hall–Kier alpha value is -1.07. The molecular formula is C8H10F2N2O. The third-order valence-corrected chi connectivity index (χ3v) is 1.65. The summed E-state index contributed by atoms with van der Waals surface area (Å²) >= 11 is 0. The average molecular weight is 188 g/mol. The van der Waals surface area contributed by atoms with E-state index in [0.29, 0.717) is 0 Å². The topological polar surface area (TPSA) is 59.1 Å². The van der Waals surface area contributed by atoms with Crippen molar-refractivity contribution in [2.45, 2.75) is 12.5 Å². The third-order valence-electron chi connectivity index (χ3n) is 1.65. The van der Waals surface area contributed by atoms with E-state index in [1.54, 1.807) is 0 Å². The monoisotopic (exact) mass is 188 g/mol. The Morgan fingerprint density at radius 3 is 2.85 bits per heavy atom. The largest absolute Gasteiger partial charge is 0.388 e. The normalized spacial score (nSPS) is 12.9. The standard InChI is InChI=1S/C8H10F2N2O/c9-6-4-12-8(10)3-5(6)7(13)1-2-11/h3-4,7,13H,1-2,11H2. The van der Waals surface area contributed by atoms with Crippen molar-refractivity contribution in [2.24, 2.45) is 5.73 Å². The molecule has 0 aromatic carbocycles. The summed E-state index contributed by atoms with van der Waals surface area (Å²) in [6, 6.07) is 0.871. The van der Waals surface area contributed by atoms with Crippen molar-refractivity contribution in [1.82, 2.24) is 4.98 Å². The highest BCUT2D eigenvalue weighted by Gasteiger charge is 2.13. The summed E-state index contributed by atoms with van der Waals surface area (Å²) in [5.74, 6) is -1.53. The highest BCUT2D eigenvalue weighted by molar-refractivity contribution is 5.16. The van der Waals surface area contributed by atoms with Crippen LogP contribution in [0.25, 0.3) is 0 Å². The second-order valence-corrected chi connectivity index (χ2v) is 2.62. The van der Waals surface area contributed by atoms with Gasteiger partial charge in [0.2, 0.25) is 5.95 Å². The summed E-state index contributed by atoms with van der Waals surface area (Å²) in [4.78, 5) is 3.10. The zero-order valence-electron chi connectivity index (χ0n) is 6.87. The number of rotatable bonds is 3. The quantitative estimate of drug-likeness (QED) is 0.688. The maximum Gasteiger partial charge on any atom is 0.213 e. The first-order valence-electron chi connectivity index (χ1n) is 3.84. The summed E-state index contributed by atoms with van der Waals surface area (Å²) < 4.78 is 25.4. The molecular weight excluding hydrogens is 178 g/mol. The van der Waals surface area contributed by atoms with Crippen LogP contribution < -0.4 is 5.73 Å². The Balaban J connectivity index is 2.91. The second kappa shape index (κ2) is 4.25. The molecule has 0 aliphatic heterocycles. The molecule has 1 rings (SSSR count). The Morgan fingerprint density at radius 1 is 1.54 bits per heavy atom. The van der Waals surface area contributed by atoms with Crippen LogP contribution in [0.15, 0.2) is 12.3 Å². The van der Waals surface area contributed by atoms with Gasteiger partial charge in [-0.3, -0.25) is 0 Å². The van der Waals surface area contributed by atoms with Crippen molar-refractivity contribution in [1.29, 1.82) is 0 Å². The van der Waals surface area contributed by atoms with Crippen LogP contribution in [-0.4, -0.2) is 16.6 Å². The van der Waals surface area contributed by atoms with Crippen LogP contribution in [0.4, 0.5) is 8.78 Å². The van der Waals surface area contributed by atoms with E-state index in [1.807, 2.05) is 0 Å². The molecule has 0 saturated heterocycles. The minimum atomic E-state index is -1.07. The molecule has 0 fully saturated rings. The van der Waals surface area contributed by atoms with E-state index >= 15 is 0 Å². The van der Waals surface area contributed by atoms with Crippen molar-refractivity contribution >= 4 is 0 Å². The molecule has 72 valence electrons. The summed E-state index contributed by atoms with van der Waals surface area (Å²) in [5.41, 5.74) is 5.06. The molecule has 3 nitrogen and oxygen atoms in total. The zero-order valence-corrected chi connectivity index (χ0v) is 6.87. The second-order valence-electron chi connectivity index (χ2n) is 2.62. The maximum atomic E-state index is 12.9. The number of nitrogens with zero attached hydrogens (tertiary/aromatic N) is 1. The Bertz CT molecular complexity index is 293. The van der Waals surface area contributed by atoms with Gasteiger partial charge < -0.3 is 10.8 Å². The number of pyridine rings is 1. The Kier molecular flexibility index (Phi) is 3.27. The van der Waals surface area contributed by atoms with Gasteiger partial charge in [-0.1, -0.05) is 0 Å². The molecule has 3 N–H and O–H groups in total. The van der Waals surface area contributed by atoms with Gasteiger partial charge in [0.15, 0.2) is 0 Å². The van der Waals surface area contributed by atoms with Crippen molar-refractivity contribution in [3.63, 3.8) is 0 Å². The lowest BCUT2D eigenvalue weighted by molar-refractivity contribution is 0.165. The van der Waals surface area contributed by atoms with Gasteiger partial charge in [-0.05, 0) is 13.0 Å². The van der Waals surface area contributed by atoms with Crippen LogP contribution in [0.3, 0.4) is 0 Å². The predicted molar refractivity (Wildman–Crippen MR) is 42.8 cm³/mol. The van der Waals surface area contributed by atoms with E-state index in [1.165, 1.54) is 0 Å². The Morgan fingerprint density at radius 2 is 2.23 bits per heavy atom. The van der Waals surface area contributed by atoms with Gasteiger partial charge in [-0.2, -0.15) is 4.39 Å². The van der Waals surface area contributed by atoms with Crippen molar-refractivity contribution in [2.75, 3.05) is 6.54 Å². The first kappa shape index (κ1) is 10.0. The van der Waals surface area contributed by atoms with Crippen LogP contribution in [0.1, 0.15) is 18.1 Å². The predicted octanol–water partition coefficient (Wildman–Crippen LogP) is 0.742.